The van der Waals surface area contributed by atoms with Gasteiger partial charge in [0, 0.05) is 0 Å². The van der Waals surface area contributed by atoms with Crippen LogP contribution in [-0.4, -0.2) is 26.9 Å². The lowest BCUT2D eigenvalue weighted by molar-refractivity contribution is 0.0639. The average molecular weight is 310 g/mol. The lowest BCUT2D eigenvalue weighted by Crippen LogP contribution is -2.36. The Hall–Kier alpha value is -2.26. The van der Waals surface area contributed by atoms with E-state index in [1.54, 1.807) is 14.2 Å². The Labute approximate surface area is 137 Å². The van der Waals surface area contributed by atoms with Crippen LogP contribution < -0.4 is 9.47 Å². The first kappa shape index (κ1) is 15.6. The minimum absolute atomic E-state index is 0.139. The topological polar surface area (TPSA) is 27.7 Å². The maximum absolute atomic E-state index is 5.97. The third-order valence-electron chi connectivity index (χ3n) is 4.44. The molecule has 0 radical (unpaired) electrons. The van der Waals surface area contributed by atoms with Crippen molar-refractivity contribution in [1.82, 2.24) is 0 Å². The van der Waals surface area contributed by atoms with Gasteiger partial charge < -0.3 is 14.2 Å². The first-order chi connectivity index (χ1) is 11.2. The first-order valence-electron chi connectivity index (χ1n) is 7.78. The Morgan fingerprint density at radius 1 is 0.870 bits per heavy atom. The molecule has 0 bridgehead atoms. The number of hydrogen-bond acceptors (Lipinski definition) is 3. The predicted octanol–water partition coefficient (Wildman–Crippen LogP) is 3.96. The van der Waals surface area contributed by atoms with Gasteiger partial charge in [-0.3, -0.25) is 0 Å². The van der Waals surface area contributed by atoms with Gasteiger partial charge in [-0.15, -0.1) is 0 Å². The summed E-state index contributed by atoms with van der Waals surface area (Å²) in [5.41, 5.74) is 2.09. The van der Waals surface area contributed by atoms with Crippen LogP contribution in [0, 0.1) is 0 Å². The summed E-state index contributed by atoms with van der Waals surface area (Å²) in [6.07, 6.45) is 4.52. The Bertz CT molecular complexity index is 624. The molecule has 1 aliphatic heterocycles. The SMILES string of the molecule is COc1ccc(C2(c3ccc(OC)cc3)C=CC(C)OC2)cc1. The van der Waals surface area contributed by atoms with Crippen molar-refractivity contribution in [1.29, 1.82) is 0 Å². The van der Waals surface area contributed by atoms with Crippen molar-refractivity contribution >= 4 is 0 Å². The van der Waals surface area contributed by atoms with Gasteiger partial charge in [-0.1, -0.05) is 36.4 Å². The summed E-state index contributed by atoms with van der Waals surface area (Å²) in [7, 11) is 3.36. The maximum atomic E-state index is 5.97. The molecule has 23 heavy (non-hydrogen) atoms. The van der Waals surface area contributed by atoms with Gasteiger partial charge in [-0.05, 0) is 42.3 Å². The second-order valence-corrected chi connectivity index (χ2v) is 5.80. The molecule has 1 aliphatic rings. The van der Waals surface area contributed by atoms with Crippen molar-refractivity contribution in [3.63, 3.8) is 0 Å². The highest BCUT2D eigenvalue weighted by molar-refractivity contribution is 5.48. The van der Waals surface area contributed by atoms with Crippen molar-refractivity contribution < 1.29 is 14.2 Å². The summed E-state index contributed by atoms with van der Waals surface area (Å²) in [4.78, 5) is 0. The Morgan fingerprint density at radius 2 is 1.35 bits per heavy atom. The molecule has 1 atom stereocenters. The number of hydrogen-bond donors (Lipinski definition) is 0. The molecular formula is C20H22O3. The van der Waals surface area contributed by atoms with Crippen molar-refractivity contribution in [3.8, 4) is 11.5 Å². The molecule has 3 rings (SSSR count). The van der Waals surface area contributed by atoms with Gasteiger partial charge in [-0.2, -0.15) is 0 Å². The van der Waals surface area contributed by atoms with E-state index in [1.807, 2.05) is 24.3 Å². The average Bonchev–Trinajstić information content (AvgIpc) is 2.63. The van der Waals surface area contributed by atoms with Crippen LogP contribution in [0.3, 0.4) is 0 Å². The minimum atomic E-state index is -0.287. The zero-order chi connectivity index (χ0) is 16.3. The van der Waals surface area contributed by atoms with E-state index in [-0.39, 0.29) is 11.5 Å². The fraction of sp³-hybridized carbons (Fsp3) is 0.300. The van der Waals surface area contributed by atoms with E-state index in [1.165, 1.54) is 11.1 Å². The smallest absolute Gasteiger partial charge is 0.118 e. The third kappa shape index (κ3) is 2.97. The van der Waals surface area contributed by atoms with Crippen molar-refractivity contribution in [2.75, 3.05) is 20.8 Å². The normalized spacial score (nSPS) is 19.3. The molecule has 2 aromatic rings. The van der Waals surface area contributed by atoms with Gasteiger partial charge in [0.1, 0.15) is 11.5 Å². The number of benzene rings is 2. The molecule has 0 fully saturated rings. The van der Waals surface area contributed by atoms with Gasteiger partial charge in [0.15, 0.2) is 0 Å². The molecule has 0 amide bonds. The standard InChI is InChI=1S/C20H22O3/c1-15-12-13-20(14-23-15,16-4-8-18(21-2)9-5-16)17-6-10-19(22-3)11-7-17/h4-13,15H,14H2,1-3H3. The predicted molar refractivity (Wildman–Crippen MR) is 91.3 cm³/mol. The molecule has 1 unspecified atom stereocenters. The molecule has 3 nitrogen and oxygen atoms in total. The van der Waals surface area contributed by atoms with E-state index in [2.05, 4.69) is 43.3 Å². The number of rotatable bonds is 4. The number of ether oxygens (including phenoxy) is 3. The van der Waals surface area contributed by atoms with E-state index in [0.29, 0.717) is 6.61 Å². The Kier molecular flexibility index (Phi) is 4.39. The second-order valence-electron chi connectivity index (χ2n) is 5.80. The summed E-state index contributed by atoms with van der Waals surface area (Å²) in [6, 6.07) is 16.4. The van der Waals surface area contributed by atoms with Crippen molar-refractivity contribution in [2.24, 2.45) is 0 Å². The van der Waals surface area contributed by atoms with E-state index < -0.39 is 0 Å². The summed E-state index contributed by atoms with van der Waals surface area (Å²) < 4.78 is 16.5. The molecule has 2 aromatic carbocycles. The highest BCUT2D eigenvalue weighted by Gasteiger charge is 2.35. The van der Waals surface area contributed by atoms with Gasteiger partial charge in [-0.25, -0.2) is 0 Å². The highest BCUT2D eigenvalue weighted by Crippen LogP contribution is 2.38. The van der Waals surface area contributed by atoms with Crippen LogP contribution in [0.4, 0.5) is 0 Å². The molecule has 0 N–H and O–H groups in total. The van der Waals surface area contributed by atoms with Gasteiger partial charge in [0.05, 0.1) is 32.3 Å². The molecule has 0 saturated heterocycles. The van der Waals surface area contributed by atoms with Crippen LogP contribution >= 0.6 is 0 Å². The Morgan fingerprint density at radius 3 is 1.70 bits per heavy atom. The molecule has 3 heteroatoms. The van der Waals surface area contributed by atoms with E-state index in [0.717, 1.165) is 11.5 Å². The molecule has 1 heterocycles. The zero-order valence-corrected chi connectivity index (χ0v) is 13.8. The van der Waals surface area contributed by atoms with Crippen LogP contribution in [-0.2, 0) is 10.2 Å². The minimum Gasteiger partial charge on any atom is -0.497 e. The largest absolute Gasteiger partial charge is 0.497 e. The Balaban J connectivity index is 2.07. The molecule has 120 valence electrons. The maximum Gasteiger partial charge on any atom is 0.118 e. The lowest BCUT2D eigenvalue weighted by Gasteiger charge is -2.36. The van der Waals surface area contributed by atoms with E-state index in [9.17, 15) is 0 Å². The first-order valence-corrected chi connectivity index (χ1v) is 7.78. The van der Waals surface area contributed by atoms with Crippen LogP contribution in [0.15, 0.2) is 60.7 Å². The summed E-state index contributed by atoms with van der Waals surface area (Å²) in [5.74, 6) is 1.71. The quantitative estimate of drug-likeness (QED) is 0.800. The highest BCUT2D eigenvalue weighted by atomic mass is 16.5. The molecule has 0 aromatic heterocycles. The van der Waals surface area contributed by atoms with Crippen LogP contribution in [0.5, 0.6) is 11.5 Å². The van der Waals surface area contributed by atoms with Crippen LogP contribution in [0.25, 0.3) is 0 Å². The monoisotopic (exact) mass is 310 g/mol. The summed E-state index contributed by atoms with van der Waals surface area (Å²) >= 11 is 0. The zero-order valence-electron chi connectivity index (χ0n) is 13.8. The fourth-order valence-electron chi connectivity index (χ4n) is 2.97. The summed E-state index contributed by atoms with van der Waals surface area (Å²) in [6.45, 7) is 2.67. The molecule has 0 saturated carbocycles. The van der Waals surface area contributed by atoms with E-state index in [4.69, 9.17) is 14.2 Å². The molecule has 0 aliphatic carbocycles. The lowest BCUT2D eigenvalue weighted by atomic mass is 9.73. The second kappa shape index (κ2) is 6.47. The van der Waals surface area contributed by atoms with Gasteiger partial charge in [0.25, 0.3) is 0 Å². The summed E-state index contributed by atoms with van der Waals surface area (Å²) in [5, 5.41) is 0. The van der Waals surface area contributed by atoms with Gasteiger partial charge >= 0.3 is 0 Å². The van der Waals surface area contributed by atoms with E-state index >= 15 is 0 Å². The third-order valence-corrected chi connectivity index (χ3v) is 4.44. The van der Waals surface area contributed by atoms with Crippen molar-refractivity contribution in [3.05, 3.63) is 71.8 Å². The molecule has 0 spiro atoms. The van der Waals surface area contributed by atoms with Gasteiger partial charge in [0.2, 0.25) is 0 Å². The van der Waals surface area contributed by atoms with Crippen molar-refractivity contribution in [2.45, 2.75) is 18.4 Å². The van der Waals surface area contributed by atoms with Crippen LogP contribution in [0.2, 0.25) is 0 Å². The fourth-order valence-corrected chi connectivity index (χ4v) is 2.97. The molecular weight excluding hydrogens is 288 g/mol. The van der Waals surface area contributed by atoms with Crippen LogP contribution in [0.1, 0.15) is 18.1 Å². The number of methoxy groups -OCH3 is 2.